The van der Waals surface area contributed by atoms with Gasteiger partial charge in [0.25, 0.3) is 0 Å². The van der Waals surface area contributed by atoms with E-state index in [2.05, 4.69) is 22.2 Å². The van der Waals surface area contributed by atoms with Crippen LogP contribution in [-0.2, 0) is 6.42 Å². The van der Waals surface area contributed by atoms with E-state index >= 15 is 0 Å². The fraction of sp³-hybridized carbons (Fsp3) is 0.143. The molecular weight excluding hydrogens is 226 g/mol. The standard InChI is InChI=1S/C14H11N3O/c1-3-13-11(5-8-18-13)9-10(1)12-2-4-14-15-6-7-17(14)16-12/h1-4,6-7,9H,5,8H2. The van der Waals surface area contributed by atoms with E-state index in [9.17, 15) is 0 Å². The SMILES string of the molecule is c1cn2nc(-c3ccc4c(c3)CCO4)ccc2n1. The number of rotatable bonds is 1. The lowest BCUT2D eigenvalue weighted by Crippen LogP contribution is -1.93. The van der Waals surface area contributed by atoms with Crippen molar-refractivity contribution in [1.29, 1.82) is 0 Å². The lowest BCUT2D eigenvalue weighted by Gasteiger charge is -2.04. The summed E-state index contributed by atoms with van der Waals surface area (Å²) >= 11 is 0. The molecule has 18 heavy (non-hydrogen) atoms. The summed E-state index contributed by atoms with van der Waals surface area (Å²) in [6, 6.07) is 10.2. The second-order valence-electron chi connectivity index (χ2n) is 4.37. The second-order valence-corrected chi connectivity index (χ2v) is 4.37. The van der Waals surface area contributed by atoms with Crippen molar-refractivity contribution >= 4 is 5.65 Å². The predicted octanol–water partition coefficient (Wildman–Crippen LogP) is 2.33. The van der Waals surface area contributed by atoms with Crippen molar-refractivity contribution in [3.63, 3.8) is 0 Å². The van der Waals surface area contributed by atoms with Crippen LogP contribution >= 0.6 is 0 Å². The molecule has 0 saturated carbocycles. The maximum Gasteiger partial charge on any atom is 0.153 e. The highest BCUT2D eigenvalue weighted by Gasteiger charge is 2.13. The van der Waals surface area contributed by atoms with Crippen molar-refractivity contribution in [2.75, 3.05) is 6.61 Å². The van der Waals surface area contributed by atoms with Crippen molar-refractivity contribution < 1.29 is 4.74 Å². The molecule has 0 bridgehead atoms. The largest absolute Gasteiger partial charge is 0.493 e. The molecule has 0 N–H and O–H groups in total. The molecule has 4 heteroatoms. The zero-order valence-corrected chi connectivity index (χ0v) is 9.71. The van der Waals surface area contributed by atoms with Gasteiger partial charge in [0.15, 0.2) is 5.65 Å². The van der Waals surface area contributed by atoms with E-state index in [4.69, 9.17) is 4.74 Å². The molecule has 88 valence electrons. The second kappa shape index (κ2) is 3.57. The number of benzene rings is 1. The lowest BCUT2D eigenvalue weighted by atomic mass is 10.1. The smallest absolute Gasteiger partial charge is 0.153 e. The van der Waals surface area contributed by atoms with Crippen LogP contribution in [0, 0.1) is 0 Å². The van der Waals surface area contributed by atoms with Crippen LogP contribution in [0.5, 0.6) is 5.75 Å². The summed E-state index contributed by atoms with van der Waals surface area (Å²) in [5, 5.41) is 4.54. The summed E-state index contributed by atoms with van der Waals surface area (Å²) < 4.78 is 7.30. The molecular formula is C14H11N3O. The number of imidazole rings is 1. The van der Waals surface area contributed by atoms with Gasteiger partial charge < -0.3 is 4.74 Å². The normalized spacial score (nSPS) is 13.6. The van der Waals surface area contributed by atoms with Crippen molar-refractivity contribution in [2.45, 2.75) is 6.42 Å². The highest BCUT2D eigenvalue weighted by Crippen LogP contribution is 2.29. The van der Waals surface area contributed by atoms with Crippen LogP contribution in [-0.4, -0.2) is 21.2 Å². The van der Waals surface area contributed by atoms with Gasteiger partial charge in [0.1, 0.15) is 5.75 Å². The molecule has 0 fully saturated rings. The maximum absolute atomic E-state index is 5.51. The molecule has 0 amide bonds. The zero-order valence-electron chi connectivity index (χ0n) is 9.71. The Hall–Kier alpha value is -2.36. The molecule has 3 heterocycles. The van der Waals surface area contributed by atoms with Gasteiger partial charge in [-0.05, 0) is 35.9 Å². The molecule has 1 aromatic carbocycles. The third kappa shape index (κ3) is 1.39. The van der Waals surface area contributed by atoms with Gasteiger partial charge in [0.05, 0.1) is 12.3 Å². The molecule has 0 unspecified atom stereocenters. The van der Waals surface area contributed by atoms with Crippen LogP contribution in [0.4, 0.5) is 0 Å². The van der Waals surface area contributed by atoms with E-state index in [0.29, 0.717) is 0 Å². The quantitative estimate of drug-likeness (QED) is 0.652. The molecule has 0 radical (unpaired) electrons. The van der Waals surface area contributed by atoms with E-state index in [1.165, 1.54) is 5.56 Å². The minimum Gasteiger partial charge on any atom is -0.493 e. The van der Waals surface area contributed by atoms with Crippen LogP contribution in [0.1, 0.15) is 5.56 Å². The molecule has 1 aliphatic rings. The number of ether oxygens (including phenoxy) is 1. The monoisotopic (exact) mass is 237 g/mol. The third-order valence-corrected chi connectivity index (χ3v) is 3.24. The van der Waals surface area contributed by atoms with Crippen LogP contribution in [0.15, 0.2) is 42.7 Å². The molecule has 4 nitrogen and oxygen atoms in total. The van der Waals surface area contributed by atoms with Crippen molar-refractivity contribution in [1.82, 2.24) is 14.6 Å². The third-order valence-electron chi connectivity index (χ3n) is 3.24. The molecule has 2 aromatic heterocycles. The Bertz CT molecular complexity index is 733. The summed E-state index contributed by atoms with van der Waals surface area (Å²) in [5.74, 6) is 1.00. The highest BCUT2D eigenvalue weighted by molar-refractivity contribution is 5.63. The first-order valence-corrected chi connectivity index (χ1v) is 5.97. The van der Waals surface area contributed by atoms with Gasteiger partial charge in [-0.15, -0.1) is 0 Å². The van der Waals surface area contributed by atoms with Crippen LogP contribution in [0.25, 0.3) is 16.9 Å². The van der Waals surface area contributed by atoms with Gasteiger partial charge in [-0.1, -0.05) is 0 Å². The van der Waals surface area contributed by atoms with E-state index in [1.54, 1.807) is 10.7 Å². The molecule has 4 rings (SSSR count). The molecule has 0 spiro atoms. The highest BCUT2D eigenvalue weighted by atomic mass is 16.5. The maximum atomic E-state index is 5.51. The molecule has 3 aromatic rings. The van der Waals surface area contributed by atoms with Gasteiger partial charge in [-0.2, -0.15) is 5.10 Å². The Kier molecular flexibility index (Phi) is 1.91. The number of nitrogens with zero attached hydrogens (tertiary/aromatic N) is 3. The Morgan fingerprint density at radius 2 is 2.17 bits per heavy atom. The molecule has 0 aliphatic carbocycles. The number of hydrogen-bond donors (Lipinski definition) is 0. The fourth-order valence-electron chi connectivity index (χ4n) is 2.32. The topological polar surface area (TPSA) is 39.4 Å². The molecule has 1 aliphatic heterocycles. The first kappa shape index (κ1) is 9.65. The van der Waals surface area contributed by atoms with Crippen LogP contribution < -0.4 is 4.74 Å². The Morgan fingerprint density at radius 1 is 1.17 bits per heavy atom. The first-order valence-electron chi connectivity index (χ1n) is 5.97. The lowest BCUT2D eigenvalue weighted by molar-refractivity contribution is 0.357. The zero-order chi connectivity index (χ0) is 11.9. The summed E-state index contributed by atoms with van der Waals surface area (Å²) in [6.45, 7) is 0.784. The first-order chi connectivity index (χ1) is 8.90. The van der Waals surface area contributed by atoms with E-state index in [0.717, 1.165) is 35.7 Å². The van der Waals surface area contributed by atoms with Gasteiger partial charge in [0, 0.05) is 24.4 Å². The summed E-state index contributed by atoms with van der Waals surface area (Å²) in [7, 11) is 0. The van der Waals surface area contributed by atoms with Crippen molar-refractivity contribution in [3.8, 4) is 17.0 Å². The van der Waals surface area contributed by atoms with E-state index in [1.807, 2.05) is 24.4 Å². The van der Waals surface area contributed by atoms with Gasteiger partial charge in [-0.25, -0.2) is 9.50 Å². The Morgan fingerprint density at radius 3 is 3.17 bits per heavy atom. The average molecular weight is 237 g/mol. The van der Waals surface area contributed by atoms with Crippen molar-refractivity contribution in [3.05, 3.63) is 48.3 Å². The van der Waals surface area contributed by atoms with Crippen molar-refractivity contribution in [2.24, 2.45) is 0 Å². The van der Waals surface area contributed by atoms with Crippen LogP contribution in [0.3, 0.4) is 0 Å². The number of aromatic nitrogens is 3. The minimum absolute atomic E-state index is 0.784. The predicted molar refractivity (Wildman–Crippen MR) is 67.6 cm³/mol. The Balaban J connectivity index is 1.86. The van der Waals surface area contributed by atoms with Gasteiger partial charge in [-0.3, -0.25) is 0 Å². The average Bonchev–Trinajstić information content (AvgIpc) is 3.05. The Labute approximate surface area is 104 Å². The van der Waals surface area contributed by atoms with E-state index < -0.39 is 0 Å². The molecule has 0 saturated heterocycles. The number of hydrogen-bond acceptors (Lipinski definition) is 3. The summed E-state index contributed by atoms with van der Waals surface area (Å²) in [5.41, 5.74) is 4.20. The van der Waals surface area contributed by atoms with Gasteiger partial charge >= 0.3 is 0 Å². The summed E-state index contributed by atoms with van der Waals surface area (Å²) in [6.07, 6.45) is 4.59. The fourth-order valence-corrected chi connectivity index (χ4v) is 2.32. The molecule has 0 atom stereocenters. The van der Waals surface area contributed by atoms with Crippen LogP contribution in [0.2, 0.25) is 0 Å². The minimum atomic E-state index is 0.784. The summed E-state index contributed by atoms with van der Waals surface area (Å²) in [4.78, 5) is 4.19. The van der Waals surface area contributed by atoms with Gasteiger partial charge in [0.2, 0.25) is 0 Å². The van der Waals surface area contributed by atoms with E-state index in [-0.39, 0.29) is 0 Å². The number of fused-ring (bicyclic) bond motifs is 2.